The monoisotopic (exact) mass is 263 g/mol. The fourth-order valence-corrected chi connectivity index (χ4v) is 1.61. The van der Waals surface area contributed by atoms with E-state index in [2.05, 4.69) is 15.3 Å². The van der Waals surface area contributed by atoms with Gasteiger partial charge in [0, 0.05) is 18.1 Å². The summed E-state index contributed by atoms with van der Waals surface area (Å²) >= 11 is 5.78. The molecule has 2 aromatic rings. The van der Waals surface area contributed by atoms with Gasteiger partial charge < -0.3 is 10.4 Å². The van der Waals surface area contributed by atoms with Gasteiger partial charge in [-0.25, -0.2) is 4.79 Å². The Morgan fingerprint density at radius 3 is 2.89 bits per heavy atom. The summed E-state index contributed by atoms with van der Waals surface area (Å²) < 4.78 is 0. The lowest BCUT2D eigenvalue weighted by molar-refractivity contribution is 0.0697. The molecule has 92 valence electrons. The van der Waals surface area contributed by atoms with E-state index in [-0.39, 0.29) is 10.6 Å². The van der Waals surface area contributed by atoms with Crippen LogP contribution in [-0.2, 0) is 6.54 Å². The van der Waals surface area contributed by atoms with E-state index >= 15 is 0 Å². The molecule has 0 fully saturated rings. The molecule has 0 amide bonds. The number of carbonyl (C=O) groups is 1. The lowest BCUT2D eigenvalue weighted by Gasteiger charge is -2.07. The molecule has 0 saturated carbocycles. The molecule has 1 aromatic heterocycles. The zero-order chi connectivity index (χ0) is 13.0. The summed E-state index contributed by atoms with van der Waals surface area (Å²) in [6.07, 6.45) is 4.83. The molecule has 1 aromatic carbocycles. The predicted molar refractivity (Wildman–Crippen MR) is 67.8 cm³/mol. The quantitative estimate of drug-likeness (QED) is 0.886. The van der Waals surface area contributed by atoms with Crippen LogP contribution in [0.3, 0.4) is 0 Å². The van der Waals surface area contributed by atoms with Gasteiger partial charge in [-0.05, 0) is 18.2 Å². The number of aromatic carboxylic acids is 1. The van der Waals surface area contributed by atoms with Gasteiger partial charge in [-0.3, -0.25) is 9.97 Å². The van der Waals surface area contributed by atoms with Crippen molar-refractivity contribution in [1.82, 2.24) is 9.97 Å². The fourth-order valence-electron chi connectivity index (χ4n) is 1.41. The molecule has 0 spiro atoms. The summed E-state index contributed by atoms with van der Waals surface area (Å²) in [5.41, 5.74) is 1.51. The Hall–Kier alpha value is -2.14. The lowest BCUT2D eigenvalue weighted by Crippen LogP contribution is -2.04. The van der Waals surface area contributed by atoms with E-state index in [0.717, 1.165) is 5.69 Å². The van der Waals surface area contributed by atoms with Crippen LogP contribution < -0.4 is 5.32 Å². The van der Waals surface area contributed by atoms with E-state index in [1.54, 1.807) is 30.7 Å². The number of carboxylic acids is 1. The standard InChI is InChI=1S/C12H10ClN3O2/c13-11-2-1-8(5-10(11)12(17)18)16-7-9-6-14-3-4-15-9/h1-6,16H,7H2,(H,17,18). The van der Waals surface area contributed by atoms with Crippen LogP contribution in [-0.4, -0.2) is 21.0 Å². The summed E-state index contributed by atoms with van der Waals surface area (Å²) in [6.45, 7) is 0.467. The van der Waals surface area contributed by atoms with E-state index in [4.69, 9.17) is 16.7 Å². The second kappa shape index (κ2) is 5.46. The summed E-state index contributed by atoms with van der Waals surface area (Å²) in [4.78, 5) is 19.0. The first-order chi connectivity index (χ1) is 8.66. The van der Waals surface area contributed by atoms with Gasteiger partial charge in [0.25, 0.3) is 0 Å². The van der Waals surface area contributed by atoms with Crippen molar-refractivity contribution in [2.24, 2.45) is 0 Å². The van der Waals surface area contributed by atoms with Crippen LogP contribution in [0.1, 0.15) is 16.1 Å². The van der Waals surface area contributed by atoms with Crippen LogP contribution in [0.4, 0.5) is 5.69 Å². The fraction of sp³-hybridized carbons (Fsp3) is 0.0833. The Labute approximate surface area is 108 Å². The highest BCUT2D eigenvalue weighted by Gasteiger charge is 2.09. The van der Waals surface area contributed by atoms with Gasteiger partial charge >= 0.3 is 5.97 Å². The van der Waals surface area contributed by atoms with Crippen LogP contribution in [0.2, 0.25) is 5.02 Å². The van der Waals surface area contributed by atoms with Gasteiger partial charge in [0.2, 0.25) is 0 Å². The van der Waals surface area contributed by atoms with Crippen LogP contribution >= 0.6 is 11.6 Å². The van der Waals surface area contributed by atoms with Crippen molar-refractivity contribution in [3.05, 3.63) is 53.1 Å². The smallest absolute Gasteiger partial charge is 0.337 e. The molecule has 0 unspecified atom stereocenters. The lowest BCUT2D eigenvalue weighted by atomic mass is 10.2. The third-order valence-electron chi connectivity index (χ3n) is 2.29. The molecule has 0 aliphatic rings. The minimum atomic E-state index is -1.05. The van der Waals surface area contributed by atoms with Crippen molar-refractivity contribution in [3.63, 3.8) is 0 Å². The Morgan fingerprint density at radius 2 is 2.22 bits per heavy atom. The molecular weight excluding hydrogens is 254 g/mol. The summed E-state index contributed by atoms with van der Waals surface area (Å²) in [5, 5.41) is 12.2. The second-order valence-electron chi connectivity index (χ2n) is 3.55. The molecule has 0 atom stereocenters. The highest BCUT2D eigenvalue weighted by molar-refractivity contribution is 6.33. The molecular formula is C12H10ClN3O2. The van der Waals surface area contributed by atoms with E-state index < -0.39 is 5.97 Å². The number of hydrogen-bond acceptors (Lipinski definition) is 4. The molecule has 6 heteroatoms. The maximum absolute atomic E-state index is 10.9. The first kappa shape index (κ1) is 12.3. The Morgan fingerprint density at radius 1 is 1.39 bits per heavy atom. The first-order valence-electron chi connectivity index (χ1n) is 5.18. The van der Waals surface area contributed by atoms with Crippen molar-refractivity contribution in [2.45, 2.75) is 6.54 Å². The Kier molecular flexibility index (Phi) is 3.74. The number of halogens is 1. The topological polar surface area (TPSA) is 75.1 Å². The van der Waals surface area contributed by atoms with Gasteiger partial charge in [-0.15, -0.1) is 0 Å². The zero-order valence-corrected chi connectivity index (χ0v) is 10.1. The van der Waals surface area contributed by atoms with Crippen molar-refractivity contribution >= 4 is 23.3 Å². The number of hydrogen-bond donors (Lipinski definition) is 2. The number of rotatable bonds is 4. The SMILES string of the molecule is O=C(O)c1cc(NCc2cnccn2)ccc1Cl. The third kappa shape index (κ3) is 2.95. The van der Waals surface area contributed by atoms with E-state index in [1.807, 2.05) is 0 Å². The van der Waals surface area contributed by atoms with E-state index in [9.17, 15) is 4.79 Å². The number of benzene rings is 1. The maximum atomic E-state index is 10.9. The van der Waals surface area contributed by atoms with Crippen LogP contribution in [0.25, 0.3) is 0 Å². The van der Waals surface area contributed by atoms with Crippen LogP contribution in [0.5, 0.6) is 0 Å². The van der Waals surface area contributed by atoms with Gasteiger partial charge in [0.1, 0.15) is 0 Å². The molecule has 1 heterocycles. The van der Waals surface area contributed by atoms with Crippen molar-refractivity contribution in [2.75, 3.05) is 5.32 Å². The minimum absolute atomic E-state index is 0.0702. The first-order valence-corrected chi connectivity index (χ1v) is 5.56. The average Bonchev–Trinajstić information content (AvgIpc) is 2.38. The molecule has 0 aliphatic heterocycles. The van der Waals surface area contributed by atoms with Gasteiger partial charge in [-0.1, -0.05) is 11.6 Å². The largest absolute Gasteiger partial charge is 0.478 e. The molecule has 0 radical (unpaired) electrons. The molecule has 2 N–H and O–H groups in total. The molecule has 2 rings (SSSR count). The third-order valence-corrected chi connectivity index (χ3v) is 2.62. The normalized spacial score (nSPS) is 10.1. The van der Waals surface area contributed by atoms with Gasteiger partial charge in [0.15, 0.2) is 0 Å². The predicted octanol–water partition coefficient (Wildman–Crippen LogP) is 2.44. The Bertz CT molecular complexity index is 561. The molecule has 0 aliphatic carbocycles. The van der Waals surface area contributed by atoms with Crippen LogP contribution in [0.15, 0.2) is 36.8 Å². The Balaban J connectivity index is 2.11. The van der Waals surface area contributed by atoms with Gasteiger partial charge in [-0.2, -0.15) is 0 Å². The van der Waals surface area contributed by atoms with E-state index in [1.165, 1.54) is 6.07 Å². The highest BCUT2D eigenvalue weighted by Crippen LogP contribution is 2.20. The van der Waals surface area contributed by atoms with Crippen LogP contribution in [0, 0.1) is 0 Å². The highest BCUT2D eigenvalue weighted by atomic mass is 35.5. The molecule has 0 bridgehead atoms. The number of nitrogens with one attached hydrogen (secondary N) is 1. The minimum Gasteiger partial charge on any atom is -0.478 e. The molecule has 0 saturated heterocycles. The van der Waals surface area contributed by atoms with Crippen molar-refractivity contribution < 1.29 is 9.90 Å². The maximum Gasteiger partial charge on any atom is 0.337 e. The van der Waals surface area contributed by atoms with E-state index in [0.29, 0.717) is 12.2 Å². The van der Waals surface area contributed by atoms with Gasteiger partial charge in [0.05, 0.1) is 29.0 Å². The zero-order valence-electron chi connectivity index (χ0n) is 9.30. The molecule has 5 nitrogen and oxygen atoms in total. The number of nitrogens with zero attached hydrogens (tertiary/aromatic N) is 2. The average molecular weight is 264 g/mol. The number of anilines is 1. The summed E-state index contributed by atoms with van der Waals surface area (Å²) in [6, 6.07) is 4.75. The number of carboxylic acid groups (broad SMARTS) is 1. The second-order valence-corrected chi connectivity index (χ2v) is 3.96. The number of aromatic nitrogens is 2. The summed E-state index contributed by atoms with van der Waals surface area (Å²) in [5.74, 6) is -1.05. The van der Waals surface area contributed by atoms with Crippen molar-refractivity contribution in [3.8, 4) is 0 Å². The van der Waals surface area contributed by atoms with Crippen molar-refractivity contribution in [1.29, 1.82) is 0 Å². The summed E-state index contributed by atoms with van der Waals surface area (Å²) in [7, 11) is 0. The molecule has 18 heavy (non-hydrogen) atoms.